The first-order valence-corrected chi connectivity index (χ1v) is 7.01. The molecule has 110 valence electrons. The number of hydrogen-bond donors (Lipinski definition) is 3. The van der Waals surface area contributed by atoms with Crippen LogP contribution in [0.5, 0.6) is 0 Å². The Balaban J connectivity index is 1.74. The minimum Gasteiger partial charge on any atom is -0.394 e. The minimum absolute atomic E-state index is 0.0677. The number of benzene rings is 1. The van der Waals surface area contributed by atoms with E-state index in [1.54, 1.807) is 12.1 Å². The van der Waals surface area contributed by atoms with E-state index in [-0.39, 0.29) is 30.4 Å². The number of carbonyl (C=O) groups excluding carboxylic acids is 1. The molecule has 5 heteroatoms. The Labute approximate surface area is 118 Å². The minimum atomic E-state index is -0.285. The highest BCUT2D eigenvalue weighted by molar-refractivity contribution is 5.78. The third kappa shape index (κ3) is 4.02. The zero-order chi connectivity index (χ0) is 14.4. The van der Waals surface area contributed by atoms with Crippen molar-refractivity contribution in [2.45, 2.75) is 37.8 Å². The average Bonchev–Trinajstić information content (AvgIpc) is 2.94. The molecular formula is C15H21FN2O2. The lowest BCUT2D eigenvalue weighted by atomic mass is 9.99. The van der Waals surface area contributed by atoms with Crippen molar-refractivity contribution in [3.05, 3.63) is 35.6 Å². The Kier molecular flexibility index (Phi) is 5.09. The van der Waals surface area contributed by atoms with Gasteiger partial charge in [0.15, 0.2) is 0 Å². The Morgan fingerprint density at radius 2 is 1.90 bits per heavy atom. The molecule has 0 atom stereocenters. The van der Waals surface area contributed by atoms with Gasteiger partial charge >= 0.3 is 0 Å². The van der Waals surface area contributed by atoms with Gasteiger partial charge < -0.3 is 15.7 Å². The van der Waals surface area contributed by atoms with Gasteiger partial charge in [-0.15, -0.1) is 0 Å². The van der Waals surface area contributed by atoms with E-state index in [1.165, 1.54) is 12.1 Å². The lowest BCUT2D eigenvalue weighted by molar-refractivity contribution is -0.120. The van der Waals surface area contributed by atoms with Crippen LogP contribution in [0.1, 0.15) is 31.2 Å². The summed E-state index contributed by atoms with van der Waals surface area (Å²) in [6.07, 6.45) is 4.00. The summed E-state index contributed by atoms with van der Waals surface area (Å²) in [5.74, 6) is -0.401. The van der Waals surface area contributed by atoms with Crippen molar-refractivity contribution in [3.63, 3.8) is 0 Å². The fourth-order valence-electron chi connectivity index (χ4n) is 2.58. The standard InChI is InChI=1S/C15H21FN2O2/c16-13-5-3-12(4-6-13)9-17-14(20)10-18-15(11-19)7-1-2-8-15/h3-6,18-19H,1-2,7-11H2,(H,17,20). The third-order valence-electron chi connectivity index (χ3n) is 3.89. The number of aliphatic hydroxyl groups is 1. The van der Waals surface area contributed by atoms with Crippen LogP contribution in [0.15, 0.2) is 24.3 Å². The molecule has 1 aliphatic carbocycles. The van der Waals surface area contributed by atoms with Crippen molar-refractivity contribution >= 4 is 5.91 Å². The number of halogens is 1. The van der Waals surface area contributed by atoms with Gasteiger partial charge in [-0.3, -0.25) is 4.79 Å². The van der Waals surface area contributed by atoms with Gasteiger partial charge in [0.25, 0.3) is 0 Å². The van der Waals surface area contributed by atoms with Gasteiger partial charge in [0.05, 0.1) is 13.2 Å². The normalized spacial score (nSPS) is 17.1. The summed E-state index contributed by atoms with van der Waals surface area (Å²) < 4.78 is 12.7. The van der Waals surface area contributed by atoms with Gasteiger partial charge in [-0.1, -0.05) is 25.0 Å². The van der Waals surface area contributed by atoms with Gasteiger partial charge in [0, 0.05) is 12.1 Å². The lowest BCUT2D eigenvalue weighted by Crippen LogP contribution is -2.50. The van der Waals surface area contributed by atoms with Crippen LogP contribution in [0, 0.1) is 5.82 Å². The van der Waals surface area contributed by atoms with Gasteiger partial charge in [0.1, 0.15) is 5.82 Å². The Morgan fingerprint density at radius 3 is 2.50 bits per heavy atom. The van der Waals surface area contributed by atoms with E-state index >= 15 is 0 Å². The Morgan fingerprint density at radius 1 is 1.25 bits per heavy atom. The highest BCUT2D eigenvalue weighted by Crippen LogP contribution is 2.28. The molecule has 1 aromatic carbocycles. The number of amides is 1. The first-order chi connectivity index (χ1) is 9.63. The van der Waals surface area contributed by atoms with E-state index in [0.29, 0.717) is 6.54 Å². The molecule has 0 unspecified atom stereocenters. The van der Waals surface area contributed by atoms with Crippen LogP contribution < -0.4 is 10.6 Å². The SMILES string of the molecule is O=C(CNC1(CO)CCCC1)NCc1ccc(F)cc1. The average molecular weight is 280 g/mol. The summed E-state index contributed by atoms with van der Waals surface area (Å²) in [4.78, 5) is 11.8. The second kappa shape index (κ2) is 6.81. The first kappa shape index (κ1) is 14.9. The van der Waals surface area contributed by atoms with Crippen LogP contribution in [-0.4, -0.2) is 29.7 Å². The molecule has 0 radical (unpaired) electrons. The van der Waals surface area contributed by atoms with E-state index in [0.717, 1.165) is 31.2 Å². The number of aliphatic hydroxyl groups excluding tert-OH is 1. The smallest absolute Gasteiger partial charge is 0.234 e. The van der Waals surface area contributed by atoms with Crippen LogP contribution in [0.2, 0.25) is 0 Å². The molecule has 0 bridgehead atoms. The van der Waals surface area contributed by atoms with Crippen LogP contribution in [0.3, 0.4) is 0 Å². The second-order valence-corrected chi connectivity index (χ2v) is 5.40. The highest BCUT2D eigenvalue weighted by Gasteiger charge is 2.32. The molecule has 3 N–H and O–H groups in total. The van der Waals surface area contributed by atoms with Crippen LogP contribution in [-0.2, 0) is 11.3 Å². The predicted octanol–water partition coefficient (Wildman–Crippen LogP) is 1.34. The summed E-state index contributed by atoms with van der Waals surface area (Å²) in [5.41, 5.74) is 0.574. The fourth-order valence-corrected chi connectivity index (χ4v) is 2.58. The predicted molar refractivity (Wildman–Crippen MR) is 74.5 cm³/mol. The maximum absolute atomic E-state index is 12.7. The molecular weight excluding hydrogens is 259 g/mol. The monoisotopic (exact) mass is 280 g/mol. The van der Waals surface area contributed by atoms with Crippen molar-refractivity contribution in [1.29, 1.82) is 0 Å². The molecule has 1 fully saturated rings. The van der Waals surface area contributed by atoms with Crippen molar-refractivity contribution < 1.29 is 14.3 Å². The van der Waals surface area contributed by atoms with Gasteiger partial charge in [-0.2, -0.15) is 0 Å². The summed E-state index contributed by atoms with van der Waals surface area (Å²) in [6.45, 7) is 0.646. The maximum atomic E-state index is 12.7. The van der Waals surface area contributed by atoms with Gasteiger partial charge in [-0.25, -0.2) is 4.39 Å². The zero-order valence-electron chi connectivity index (χ0n) is 11.5. The molecule has 1 saturated carbocycles. The fraction of sp³-hybridized carbons (Fsp3) is 0.533. The molecule has 0 aromatic heterocycles. The molecule has 0 heterocycles. The highest BCUT2D eigenvalue weighted by atomic mass is 19.1. The number of hydrogen-bond acceptors (Lipinski definition) is 3. The number of rotatable bonds is 6. The number of nitrogens with one attached hydrogen (secondary N) is 2. The summed E-state index contributed by atoms with van der Waals surface area (Å²) >= 11 is 0. The maximum Gasteiger partial charge on any atom is 0.234 e. The van der Waals surface area contributed by atoms with Crippen molar-refractivity contribution in [2.24, 2.45) is 0 Å². The van der Waals surface area contributed by atoms with E-state index in [4.69, 9.17) is 0 Å². The van der Waals surface area contributed by atoms with Crippen LogP contribution in [0.4, 0.5) is 4.39 Å². The summed E-state index contributed by atoms with van der Waals surface area (Å²) in [7, 11) is 0. The van der Waals surface area contributed by atoms with E-state index in [2.05, 4.69) is 10.6 Å². The van der Waals surface area contributed by atoms with Gasteiger partial charge in [0.2, 0.25) is 5.91 Å². The van der Waals surface area contributed by atoms with Crippen LogP contribution >= 0.6 is 0 Å². The topological polar surface area (TPSA) is 61.4 Å². The van der Waals surface area contributed by atoms with Crippen molar-refractivity contribution in [1.82, 2.24) is 10.6 Å². The molecule has 1 aromatic rings. The molecule has 2 rings (SSSR count). The lowest BCUT2D eigenvalue weighted by Gasteiger charge is -2.27. The molecule has 0 aliphatic heterocycles. The van der Waals surface area contributed by atoms with E-state index in [9.17, 15) is 14.3 Å². The Hall–Kier alpha value is -1.46. The van der Waals surface area contributed by atoms with E-state index < -0.39 is 0 Å². The number of carbonyl (C=O) groups is 1. The van der Waals surface area contributed by atoms with Gasteiger partial charge in [-0.05, 0) is 30.5 Å². The molecule has 4 nitrogen and oxygen atoms in total. The van der Waals surface area contributed by atoms with Crippen molar-refractivity contribution in [3.8, 4) is 0 Å². The quantitative estimate of drug-likeness (QED) is 0.737. The molecule has 1 aliphatic rings. The molecule has 1 amide bonds. The summed E-state index contributed by atoms with van der Waals surface area (Å²) in [6, 6.07) is 6.04. The molecule has 20 heavy (non-hydrogen) atoms. The second-order valence-electron chi connectivity index (χ2n) is 5.40. The Bertz CT molecular complexity index is 442. The van der Waals surface area contributed by atoms with E-state index in [1.807, 2.05) is 0 Å². The van der Waals surface area contributed by atoms with Crippen molar-refractivity contribution in [2.75, 3.05) is 13.2 Å². The molecule has 0 saturated heterocycles. The molecule has 0 spiro atoms. The third-order valence-corrected chi connectivity index (χ3v) is 3.89. The summed E-state index contributed by atoms with van der Waals surface area (Å²) in [5, 5.41) is 15.4. The first-order valence-electron chi connectivity index (χ1n) is 7.01. The largest absolute Gasteiger partial charge is 0.394 e. The zero-order valence-corrected chi connectivity index (χ0v) is 11.5. The van der Waals surface area contributed by atoms with Crippen LogP contribution in [0.25, 0.3) is 0 Å².